The maximum Gasteiger partial charge on any atom is 0.402 e. The molecule has 74 valence electrons. The van der Waals surface area contributed by atoms with Crippen LogP contribution in [0.15, 0.2) is 18.2 Å². The molecule has 1 aromatic carbocycles. The van der Waals surface area contributed by atoms with Crippen molar-refractivity contribution in [2.75, 3.05) is 0 Å². The lowest BCUT2D eigenvalue weighted by molar-refractivity contribution is -0.384. The number of nitrogens with zero attached hydrogens (tertiary/aromatic N) is 3. The number of hydrogen-bond acceptors (Lipinski definition) is 4. The van der Waals surface area contributed by atoms with Crippen molar-refractivity contribution in [3.63, 3.8) is 0 Å². The van der Waals surface area contributed by atoms with Crippen molar-refractivity contribution >= 4 is 22.3 Å². The lowest BCUT2D eigenvalue weighted by Gasteiger charge is -1.90. The molecule has 0 saturated heterocycles. The number of hydrogen-bond donors (Lipinski definition) is 1. The van der Waals surface area contributed by atoms with Crippen LogP contribution in [0.4, 0.5) is 11.4 Å². The summed E-state index contributed by atoms with van der Waals surface area (Å²) in [5, 5.41) is 30.4. The summed E-state index contributed by atoms with van der Waals surface area (Å²) in [5.41, 5.74) is 0.0264. The van der Waals surface area contributed by atoms with Crippen molar-refractivity contribution in [3.8, 4) is 5.88 Å². The van der Waals surface area contributed by atoms with E-state index in [4.69, 9.17) is 5.39 Å². The second kappa shape index (κ2) is 2.95. The summed E-state index contributed by atoms with van der Waals surface area (Å²) in [7, 11) is 0. The Hall–Kier alpha value is -2.62. The normalized spacial score (nSPS) is 10.1. The highest BCUT2D eigenvalue weighted by molar-refractivity contribution is 5.97. The predicted octanol–water partition coefficient (Wildman–Crippen LogP) is 1.63. The molecule has 15 heavy (non-hydrogen) atoms. The van der Waals surface area contributed by atoms with Crippen LogP contribution in [0.2, 0.25) is 0 Å². The number of aromatic amines is 1. The Bertz CT molecular complexity index is 596. The van der Waals surface area contributed by atoms with E-state index in [0.29, 0.717) is 5.52 Å². The quantitative estimate of drug-likeness (QED) is 0.432. The van der Waals surface area contributed by atoms with Gasteiger partial charge in [0, 0.05) is 12.1 Å². The summed E-state index contributed by atoms with van der Waals surface area (Å²) >= 11 is 0. The summed E-state index contributed by atoms with van der Waals surface area (Å²) in [5.74, 6) is -0.576. The van der Waals surface area contributed by atoms with Gasteiger partial charge in [0.25, 0.3) is 5.69 Å². The van der Waals surface area contributed by atoms with E-state index in [1.165, 1.54) is 18.2 Å². The van der Waals surface area contributed by atoms with Crippen molar-refractivity contribution < 1.29 is 10.0 Å². The molecule has 7 nitrogen and oxygen atoms in total. The first-order chi connectivity index (χ1) is 7.13. The number of rotatable bonds is 1. The number of fused-ring (bicyclic) bond motifs is 1. The number of aromatic nitrogens is 1. The molecule has 2 aromatic rings. The highest BCUT2D eigenvalue weighted by Crippen LogP contribution is 2.35. The molecule has 0 radical (unpaired) electrons. The van der Waals surface area contributed by atoms with Gasteiger partial charge in [-0.2, -0.15) is 0 Å². The van der Waals surface area contributed by atoms with Gasteiger partial charge in [0.1, 0.15) is 5.39 Å². The van der Waals surface area contributed by atoms with E-state index in [1.54, 1.807) is 0 Å². The molecule has 1 aromatic heterocycles. The fourth-order valence-electron chi connectivity index (χ4n) is 1.35. The van der Waals surface area contributed by atoms with Crippen molar-refractivity contribution in [1.29, 1.82) is 5.39 Å². The molecule has 0 amide bonds. The molecular formula is C8H4N4O3. The number of nitro groups is 1. The van der Waals surface area contributed by atoms with Crippen LogP contribution in [0.5, 0.6) is 5.88 Å². The molecular weight excluding hydrogens is 200 g/mol. The lowest BCUT2D eigenvalue weighted by Crippen LogP contribution is -1.87. The Morgan fingerprint density at radius 2 is 2.20 bits per heavy atom. The van der Waals surface area contributed by atoms with Crippen molar-refractivity contribution in [2.24, 2.45) is 0 Å². The van der Waals surface area contributed by atoms with Gasteiger partial charge >= 0.3 is 5.69 Å². The van der Waals surface area contributed by atoms with Crippen molar-refractivity contribution in [3.05, 3.63) is 33.3 Å². The predicted molar refractivity (Wildman–Crippen MR) is 49.1 cm³/mol. The van der Waals surface area contributed by atoms with E-state index in [2.05, 4.69) is 9.96 Å². The molecule has 0 fully saturated rings. The molecule has 1 heterocycles. The van der Waals surface area contributed by atoms with E-state index in [0.717, 1.165) is 0 Å². The smallest absolute Gasteiger partial charge is 0.402 e. The first-order valence-corrected chi connectivity index (χ1v) is 3.95. The average Bonchev–Trinajstić information content (AvgIpc) is 2.51. The molecule has 2 rings (SSSR count). The van der Waals surface area contributed by atoms with E-state index in [9.17, 15) is 15.2 Å². The van der Waals surface area contributed by atoms with Gasteiger partial charge in [-0.25, -0.2) is 0 Å². The minimum atomic E-state index is -0.585. The zero-order valence-electron chi connectivity index (χ0n) is 7.30. The maximum absolute atomic E-state index is 11.2. The molecule has 0 bridgehead atoms. The number of H-pyrrole nitrogens is 1. The van der Waals surface area contributed by atoms with Crippen molar-refractivity contribution in [1.82, 2.24) is 4.98 Å². The molecule has 0 saturated carbocycles. The highest BCUT2D eigenvalue weighted by atomic mass is 16.6. The molecule has 7 heteroatoms. The zero-order chi connectivity index (χ0) is 11.0. The summed E-state index contributed by atoms with van der Waals surface area (Å²) in [6.45, 7) is 0. The van der Waals surface area contributed by atoms with Crippen LogP contribution in [-0.4, -0.2) is 9.91 Å². The fraction of sp³-hybridized carbons (Fsp3) is 0. The molecule has 0 atom stereocenters. The van der Waals surface area contributed by atoms with Gasteiger partial charge in [-0.3, -0.25) is 10.1 Å². The van der Waals surface area contributed by atoms with Crippen molar-refractivity contribution in [2.45, 2.75) is 0 Å². The Kier molecular flexibility index (Phi) is 1.76. The van der Waals surface area contributed by atoms with E-state index in [-0.39, 0.29) is 16.8 Å². The summed E-state index contributed by atoms with van der Waals surface area (Å²) in [4.78, 5) is 15.1. The number of benzene rings is 1. The van der Waals surface area contributed by atoms with Gasteiger partial charge in [-0.15, -0.1) is 0 Å². The minimum absolute atomic E-state index is 0.161. The SMILES string of the molecule is N#[N+]c1c([O-])[nH]c2ccc([N+](=O)[O-])cc12. The van der Waals surface area contributed by atoms with E-state index in [1.807, 2.05) is 0 Å². The number of non-ortho nitro benzene ring substituents is 1. The van der Waals surface area contributed by atoms with Crippen LogP contribution in [0.1, 0.15) is 0 Å². The zero-order valence-corrected chi connectivity index (χ0v) is 7.30. The average molecular weight is 204 g/mol. The topological polar surface area (TPSA) is 110 Å². The maximum atomic E-state index is 11.2. The second-order valence-corrected chi connectivity index (χ2v) is 2.89. The van der Waals surface area contributed by atoms with E-state index < -0.39 is 10.8 Å². The molecule has 0 aliphatic carbocycles. The number of diazo groups is 1. The fourth-order valence-corrected chi connectivity index (χ4v) is 1.35. The first-order valence-electron chi connectivity index (χ1n) is 3.95. The Balaban J connectivity index is 2.80. The Labute approximate surface area is 82.7 Å². The van der Waals surface area contributed by atoms with Gasteiger partial charge in [0.15, 0.2) is 4.98 Å². The lowest BCUT2D eigenvalue weighted by atomic mass is 10.2. The third-order valence-electron chi connectivity index (χ3n) is 2.03. The highest BCUT2D eigenvalue weighted by Gasteiger charge is 2.19. The Morgan fingerprint density at radius 3 is 2.80 bits per heavy atom. The van der Waals surface area contributed by atoms with Crippen LogP contribution < -0.4 is 5.11 Å². The number of nitrogens with one attached hydrogen (secondary N) is 1. The molecule has 0 unspecified atom stereocenters. The molecule has 0 aliphatic heterocycles. The van der Waals surface area contributed by atoms with Crippen LogP contribution in [0.25, 0.3) is 15.9 Å². The van der Waals surface area contributed by atoms with Gasteiger partial charge in [-0.05, 0) is 6.07 Å². The van der Waals surface area contributed by atoms with Crippen LogP contribution in [-0.2, 0) is 0 Å². The van der Waals surface area contributed by atoms with Crippen LogP contribution in [0, 0.1) is 15.5 Å². The minimum Gasteiger partial charge on any atom is -0.855 e. The first kappa shape index (κ1) is 8.96. The molecule has 1 N–H and O–H groups in total. The van der Waals surface area contributed by atoms with Crippen LogP contribution >= 0.6 is 0 Å². The molecule has 0 spiro atoms. The second-order valence-electron chi connectivity index (χ2n) is 2.89. The summed E-state index contributed by atoms with van der Waals surface area (Å²) < 4.78 is 0. The third-order valence-corrected chi connectivity index (χ3v) is 2.03. The van der Waals surface area contributed by atoms with Crippen LogP contribution in [0.3, 0.4) is 0 Å². The van der Waals surface area contributed by atoms with Gasteiger partial charge in [-0.1, -0.05) is 0 Å². The van der Waals surface area contributed by atoms with Gasteiger partial charge < -0.3 is 10.1 Å². The third kappa shape index (κ3) is 1.24. The summed E-state index contributed by atoms with van der Waals surface area (Å²) in [6.07, 6.45) is 0. The Morgan fingerprint density at radius 1 is 1.47 bits per heavy atom. The monoisotopic (exact) mass is 204 g/mol. The molecule has 0 aliphatic rings. The largest absolute Gasteiger partial charge is 0.855 e. The van der Waals surface area contributed by atoms with Gasteiger partial charge in [0.05, 0.1) is 16.3 Å². The van der Waals surface area contributed by atoms with Gasteiger partial charge in [0.2, 0.25) is 5.39 Å². The number of nitro benzene ring substituents is 1. The van der Waals surface area contributed by atoms with E-state index >= 15 is 0 Å². The summed E-state index contributed by atoms with van der Waals surface area (Å²) in [6, 6.07) is 3.84. The standard InChI is InChI=1S/C8H4N4O3/c9-11-7-5-3-4(12(14)15)1-2-6(5)10-8(7)13/h1-3,9H.